The number of aliphatic carboxylic acids is 3. The molecule has 0 bridgehead atoms. The Morgan fingerprint density at radius 2 is 1.36 bits per heavy atom. The van der Waals surface area contributed by atoms with Gasteiger partial charge in [-0.05, 0) is 25.7 Å². The highest BCUT2D eigenvalue weighted by atomic mass is 31.2. The highest BCUT2D eigenvalue weighted by Gasteiger charge is 2.30. The first-order chi connectivity index (χ1) is 18.3. The molecule has 0 radical (unpaired) electrons. The van der Waals surface area contributed by atoms with Crippen LogP contribution in [0.4, 0.5) is 0 Å². The van der Waals surface area contributed by atoms with Crippen LogP contribution in [0.1, 0.15) is 65.2 Å². The van der Waals surface area contributed by atoms with E-state index in [-0.39, 0.29) is 45.3 Å². The van der Waals surface area contributed by atoms with E-state index in [0.29, 0.717) is 19.6 Å². The maximum absolute atomic E-state index is 12.3. The smallest absolute Gasteiger partial charge is 0.328 e. The number of hydrogen-bond acceptors (Lipinski definition) is 9. The van der Waals surface area contributed by atoms with E-state index in [1.165, 1.54) is 0 Å². The summed E-state index contributed by atoms with van der Waals surface area (Å²) in [5.74, 6) is -7.43. The van der Waals surface area contributed by atoms with Crippen molar-refractivity contribution in [3.8, 4) is 0 Å². The summed E-state index contributed by atoms with van der Waals surface area (Å²) in [7, 11) is -4.30. The second-order valence-corrected chi connectivity index (χ2v) is 10.9. The van der Waals surface area contributed by atoms with Crippen molar-refractivity contribution in [1.82, 2.24) is 5.32 Å². The molecule has 226 valence electrons. The molecule has 4 atom stereocenters. The fourth-order valence-electron chi connectivity index (χ4n) is 3.46. The van der Waals surface area contributed by atoms with Crippen molar-refractivity contribution in [3.63, 3.8) is 0 Å². The van der Waals surface area contributed by atoms with Crippen LogP contribution in [0, 0.1) is 11.8 Å². The zero-order chi connectivity index (χ0) is 29.8. The van der Waals surface area contributed by atoms with Crippen LogP contribution in [0.25, 0.3) is 0 Å². The van der Waals surface area contributed by atoms with Crippen LogP contribution in [0.2, 0.25) is 0 Å². The Labute approximate surface area is 227 Å². The van der Waals surface area contributed by atoms with Crippen LogP contribution in [-0.2, 0) is 42.5 Å². The topological polar surface area (TPSA) is 223 Å². The van der Waals surface area contributed by atoms with Gasteiger partial charge in [-0.25, -0.2) is 4.79 Å². The Balaban J connectivity index is 4.60. The van der Waals surface area contributed by atoms with Gasteiger partial charge in [0.05, 0.1) is 44.4 Å². The largest absolute Gasteiger partial charge is 0.481 e. The van der Waals surface area contributed by atoms with E-state index in [0.717, 1.165) is 6.42 Å². The SMILES string of the molecule is CCCOCCOCCC(=O)N[C@H](CCC(=O)CC(CCOP(=O)(O)CC(CCC)C(=O)O)C(=O)O)C(=O)O. The van der Waals surface area contributed by atoms with Crippen molar-refractivity contribution in [3.05, 3.63) is 0 Å². The molecule has 0 aliphatic heterocycles. The number of ketones is 1. The minimum Gasteiger partial charge on any atom is -0.481 e. The highest BCUT2D eigenvalue weighted by Crippen LogP contribution is 2.45. The Kier molecular flexibility index (Phi) is 19.3. The minimum absolute atomic E-state index is 0.0608. The van der Waals surface area contributed by atoms with E-state index < -0.39 is 74.3 Å². The number of hydrogen-bond donors (Lipinski definition) is 5. The average molecular weight is 584 g/mol. The summed E-state index contributed by atoms with van der Waals surface area (Å²) in [6.07, 6.45) is -0.518. The van der Waals surface area contributed by atoms with Crippen molar-refractivity contribution < 1.29 is 62.7 Å². The summed E-state index contributed by atoms with van der Waals surface area (Å²) in [6.45, 7) is 4.53. The van der Waals surface area contributed by atoms with Gasteiger partial charge in [0.1, 0.15) is 11.8 Å². The second-order valence-electron chi connectivity index (χ2n) is 9.02. The number of nitrogens with one attached hydrogen (secondary N) is 1. The van der Waals surface area contributed by atoms with E-state index in [9.17, 15) is 43.6 Å². The Bertz CT molecular complexity index is 835. The third kappa shape index (κ3) is 18.5. The number of carbonyl (C=O) groups is 5. The van der Waals surface area contributed by atoms with Gasteiger partial charge in [-0.15, -0.1) is 0 Å². The molecule has 0 saturated heterocycles. The molecule has 0 aliphatic carbocycles. The predicted octanol–water partition coefficient (Wildman–Crippen LogP) is 1.92. The highest BCUT2D eigenvalue weighted by molar-refractivity contribution is 7.52. The summed E-state index contributed by atoms with van der Waals surface area (Å²) in [5.41, 5.74) is 0. The Hall–Kier alpha value is -2.38. The summed E-state index contributed by atoms with van der Waals surface area (Å²) >= 11 is 0. The molecule has 0 aliphatic rings. The van der Waals surface area contributed by atoms with E-state index in [1.807, 2.05) is 6.92 Å². The lowest BCUT2D eigenvalue weighted by atomic mass is 9.96. The maximum Gasteiger partial charge on any atom is 0.328 e. The zero-order valence-electron chi connectivity index (χ0n) is 22.5. The molecular formula is C24H42NO13P. The normalized spacial score (nSPS) is 15.1. The Morgan fingerprint density at radius 3 is 1.90 bits per heavy atom. The van der Waals surface area contributed by atoms with E-state index in [4.69, 9.17) is 19.1 Å². The summed E-state index contributed by atoms with van der Waals surface area (Å²) in [4.78, 5) is 68.5. The van der Waals surface area contributed by atoms with Gasteiger partial charge in [0.15, 0.2) is 0 Å². The van der Waals surface area contributed by atoms with E-state index in [1.54, 1.807) is 6.92 Å². The quantitative estimate of drug-likeness (QED) is 0.0766. The molecule has 0 aromatic rings. The van der Waals surface area contributed by atoms with Crippen LogP contribution < -0.4 is 5.32 Å². The van der Waals surface area contributed by atoms with Crippen molar-refractivity contribution in [1.29, 1.82) is 0 Å². The molecule has 0 spiro atoms. The van der Waals surface area contributed by atoms with Gasteiger partial charge in [0.2, 0.25) is 5.91 Å². The molecule has 3 unspecified atom stereocenters. The van der Waals surface area contributed by atoms with Gasteiger partial charge in [0, 0.05) is 25.9 Å². The van der Waals surface area contributed by atoms with Crippen molar-refractivity contribution in [2.45, 2.75) is 71.3 Å². The zero-order valence-corrected chi connectivity index (χ0v) is 23.4. The molecule has 39 heavy (non-hydrogen) atoms. The fraction of sp³-hybridized carbons (Fsp3) is 0.792. The van der Waals surface area contributed by atoms with Gasteiger partial charge in [-0.1, -0.05) is 20.3 Å². The van der Waals surface area contributed by atoms with Crippen LogP contribution in [0.5, 0.6) is 0 Å². The van der Waals surface area contributed by atoms with E-state index in [2.05, 4.69) is 5.32 Å². The molecule has 0 saturated carbocycles. The summed E-state index contributed by atoms with van der Waals surface area (Å²) in [6, 6.07) is -1.36. The van der Waals surface area contributed by atoms with E-state index >= 15 is 0 Å². The van der Waals surface area contributed by atoms with Crippen LogP contribution in [0.15, 0.2) is 0 Å². The first-order valence-corrected chi connectivity index (χ1v) is 14.7. The van der Waals surface area contributed by atoms with Crippen molar-refractivity contribution in [2.75, 3.05) is 39.2 Å². The number of amides is 1. The molecule has 0 heterocycles. The van der Waals surface area contributed by atoms with Crippen LogP contribution in [-0.4, -0.2) is 95.0 Å². The van der Waals surface area contributed by atoms with Gasteiger partial charge in [-0.3, -0.25) is 23.7 Å². The third-order valence-electron chi connectivity index (χ3n) is 5.56. The van der Waals surface area contributed by atoms with Crippen LogP contribution >= 0.6 is 7.60 Å². The van der Waals surface area contributed by atoms with Gasteiger partial charge < -0.3 is 39.5 Å². The minimum atomic E-state index is -4.30. The van der Waals surface area contributed by atoms with Crippen molar-refractivity contribution in [2.24, 2.45) is 11.8 Å². The second kappa shape index (κ2) is 20.5. The standard InChI is InChI=1S/C24H42NO13P/c1-3-5-18(23(30)31)16-39(34,35)38-12-8-17(22(28)29)15-19(26)6-7-20(24(32)33)25-21(27)9-11-37-14-13-36-10-4-2/h17-18,20H,3-16H2,1-2H3,(H,25,27)(H,28,29)(H,30,31)(H,32,33)(H,34,35)/t17?,18?,20-/m1/s1. The first-order valence-electron chi connectivity index (χ1n) is 12.9. The molecule has 1 amide bonds. The number of ether oxygens (including phenoxy) is 2. The van der Waals surface area contributed by atoms with Gasteiger partial charge in [0.25, 0.3) is 0 Å². The lowest BCUT2D eigenvalue weighted by molar-refractivity contribution is -0.145. The molecule has 0 aromatic carbocycles. The first kappa shape index (κ1) is 36.6. The molecule has 15 heteroatoms. The number of Topliss-reactive ketones (excluding diaryl/α,β-unsaturated/α-hetero) is 1. The molecule has 14 nitrogen and oxygen atoms in total. The maximum atomic E-state index is 12.3. The van der Waals surface area contributed by atoms with Gasteiger partial charge in [-0.2, -0.15) is 0 Å². The number of carboxylic acids is 3. The number of rotatable bonds is 25. The molecule has 0 aromatic heterocycles. The molecule has 5 N–H and O–H groups in total. The number of carbonyl (C=O) groups excluding carboxylic acids is 2. The van der Waals surface area contributed by atoms with Crippen molar-refractivity contribution >= 4 is 37.2 Å². The number of carboxylic acid groups (broad SMARTS) is 3. The fourth-order valence-corrected chi connectivity index (χ4v) is 4.85. The molecule has 0 rings (SSSR count). The van der Waals surface area contributed by atoms with Crippen LogP contribution in [0.3, 0.4) is 0 Å². The summed E-state index contributed by atoms with van der Waals surface area (Å²) in [5, 5.41) is 30.2. The third-order valence-corrected chi connectivity index (χ3v) is 7.05. The van der Waals surface area contributed by atoms with Gasteiger partial charge >= 0.3 is 25.5 Å². The Morgan fingerprint density at radius 1 is 0.744 bits per heavy atom. The predicted molar refractivity (Wildman–Crippen MR) is 137 cm³/mol. The molecule has 0 fully saturated rings. The lowest BCUT2D eigenvalue weighted by Crippen LogP contribution is -2.41. The molecular weight excluding hydrogens is 541 g/mol. The summed E-state index contributed by atoms with van der Waals surface area (Å²) < 4.78 is 27.5. The monoisotopic (exact) mass is 583 g/mol. The lowest BCUT2D eigenvalue weighted by Gasteiger charge is -2.18. The average Bonchev–Trinajstić information content (AvgIpc) is 2.84.